The largest absolute Gasteiger partial charge is 0.333 e. The Balaban J connectivity index is 2.11. The van der Waals surface area contributed by atoms with Gasteiger partial charge in [-0.1, -0.05) is 0 Å². The minimum atomic E-state index is -1.01. The van der Waals surface area contributed by atoms with Gasteiger partial charge in [0.15, 0.2) is 0 Å². The summed E-state index contributed by atoms with van der Waals surface area (Å²) >= 11 is 0. The van der Waals surface area contributed by atoms with Crippen LogP contribution in [-0.4, -0.2) is 14.5 Å². The number of hydrogen-bond acceptors (Lipinski definition) is 2. The second kappa shape index (κ2) is 5.25. The maximum Gasteiger partial charge on any atom is 0.226 e. The van der Waals surface area contributed by atoms with Gasteiger partial charge in [-0.15, -0.1) is 0 Å². The van der Waals surface area contributed by atoms with E-state index >= 15 is 0 Å². The first-order valence-electron chi connectivity index (χ1n) is 6.27. The lowest BCUT2D eigenvalue weighted by Gasteiger charge is -2.02. The molecule has 0 aliphatic rings. The zero-order valence-electron chi connectivity index (χ0n) is 11.3. The SMILES string of the molecule is Cn1cc(-c2ccc(F)cc2F)nc1-c1ccc(F)nc1F. The molecule has 0 radical (unpaired) electrons. The Kier molecular flexibility index (Phi) is 3.40. The predicted octanol–water partition coefficient (Wildman–Crippen LogP) is 3.71. The van der Waals surface area contributed by atoms with Crippen LogP contribution < -0.4 is 0 Å². The normalized spacial score (nSPS) is 11.0. The van der Waals surface area contributed by atoms with E-state index in [1.54, 1.807) is 7.05 Å². The van der Waals surface area contributed by atoms with Gasteiger partial charge in [0, 0.05) is 24.9 Å². The van der Waals surface area contributed by atoms with Crippen LogP contribution in [0, 0.1) is 23.5 Å². The van der Waals surface area contributed by atoms with Gasteiger partial charge in [-0.3, -0.25) is 0 Å². The minimum Gasteiger partial charge on any atom is -0.333 e. The molecule has 0 fully saturated rings. The van der Waals surface area contributed by atoms with Gasteiger partial charge in [0.05, 0.1) is 11.3 Å². The second-order valence-electron chi connectivity index (χ2n) is 4.66. The number of benzene rings is 1. The summed E-state index contributed by atoms with van der Waals surface area (Å²) in [4.78, 5) is 7.22. The predicted molar refractivity (Wildman–Crippen MR) is 71.7 cm³/mol. The number of pyridine rings is 1. The van der Waals surface area contributed by atoms with Crippen LogP contribution in [0.1, 0.15) is 0 Å². The van der Waals surface area contributed by atoms with Crippen LogP contribution in [0.15, 0.2) is 36.5 Å². The van der Waals surface area contributed by atoms with Crippen molar-refractivity contribution in [1.82, 2.24) is 14.5 Å². The van der Waals surface area contributed by atoms with Crippen LogP contribution in [0.25, 0.3) is 22.6 Å². The highest BCUT2D eigenvalue weighted by molar-refractivity contribution is 5.65. The first kappa shape index (κ1) is 14.2. The molecule has 0 saturated carbocycles. The third kappa shape index (κ3) is 2.45. The number of imidazole rings is 1. The number of rotatable bonds is 2. The van der Waals surface area contributed by atoms with E-state index in [0.717, 1.165) is 18.2 Å². The number of nitrogens with zero attached hydrogens (tertiary/aromatic N) is 3. The Morgan fingerprint density at radius 1 is 0.909 bits per heavy atom. The molecule has 22 heavy (non-hydrogen) atoms. The van der Waals surface area contributed by atoms with Crippen LogP contribution in [0.3, 0.4) is 0 Å². The van der Waals surface area contributed by atoms with Crippen LogP contribution in [0.4, 0.5) is 17.6 Å². The maximum absolute atomic E-state index is 13.8. The van der Waals surface area contributed by atoms with Crippen LogP contribution in [0.5, 0.6) is 0 Å². The Bertz CT molecular complexity index is 858. The highest BCUT2D eigenvalue weighted by Gasteiger charge is 2.16. The third-order valence-corrected chi connectivity index (χ3v) is 3.14. The monoisotopic (exact) mass is 307 g/mol. The van der Waals surface area contributed by atoms with Crippen molar-refractivity contribution < 1.29 is 17.6 Å². The number of aromatic nitrogens is 3. The summed E-state index contributed by atoms with van der Waals surface area (Å²) in [6, 6.07) is 5.29. The van der Waals surface area contributed by atoms with Crippen LogP contribution in [-0.2, 0) is 7.05 Å². The summed E-state index contributed by atoms with van der Waals surface area (Å²) in [5, 5.41) is 0. The molecule has 0 aliphatic heterocycles. The molecule has 3 nitrogen and oxygen atoms in total. The van der Waals surface area contributed by atoms with Crippen molar-refractivity contribution in [2.45, 2.75) is 0 Å². The van der Waals surface area contributed by atoms with Gasteiger partial charge in [-0.05, 0) is 24.3 Å². The fraction of sp³-hybridized carbons (Fsp3) is 0.0667. The molecule has 0 aliphatic carbocycles. The zero-order chi connectivity index (χ0) is 15.9. The molecule has 112 valence electrons. The van der Waals surface area contributed by atoms with E-state index in [-0.39, 0.29) is 22.6 Å². The van der Waals surface area contributed by atoms with Gasteiger partial charge in [0.25, 0.3) is 0 Å². The summed E-state index contributed by atoms with van der Waals surface area (Å²) in [5.41, 5.74) is 0.273. The van der Waals surface area contributed by atoms with Gasteiger partial charge in [-0.25, -0.2) is 13.8 Å². The molecule has 7 heteroatoms. The van der Waals surface area contributed by atoms with Gasteiger partial charge >= 0.3 is 0 Å². The highest BCUT2D eigenvalue weighted by Crippen LogP contribution is 2.27. The van der Waals surface area contributed by atoms with Gasteiger partial charge in [0.1, 0.15) is 17.5 Å². The van der Waals surface area contributed by atoms with Crippen molar-refractivity contribution >= 4 is 0 Å². The molecule has 1 aromatic carbocycles. The van der Waals surface area contributed by atoms with Crippen molar-refractivity contribution in [2.24, 2.45) is 7.05 Å². The van der Waals surface area contributed by atoms with Crippen molar-refractivity contribution in [3.63, 3.8) is 0 Å². The Morgan fingerprint density at radius 2 is 1.64 bits per heavy atom. The first-order chi connectivity index (χ1) is 10.5. The zero-order valence-corrected chi connectivity index (χ0v) is 11.3. The summed E-state index contributed by atoms with van der Waals surface area (Å²) in [5.74, 6) is -3.28. The summed E-state index contributed by atoms with van der Waals surface area (Å²) in [6.07, 6.45) is 1.47. The molecular weight excluding hydrogens is 298 g/mol. The molecule has 0 bridgehead atoms. The minimum absolute atomic E-state index is 0.0160. The second-order valence-corrected chi connectivity index (χ2v) is 4.66. The van der Waals surface area contributed by atoms with E-state index in [1.165, 1.54) is 22.9 Å². The third-order valence-electron chi connectivity index (χ3n) is 3.14. The molecular formula is C15H9F4N3. The van der Waals surface area contributed by atoms with Gasteiger partial charge in [-0.2, -0.15) is 13.8 Å². The maximum atomic E-state index is 13.8. The molecule has 2 aromatic heterocycles. The molecule has 0 unspecified atom stereocenters. The van der Waals surface area contributed by atoms with Gasteiger partial charge in [0.2, 0.25) is 11.9 Å². The average Bonchev–Trinajstić information content (AvgIpc) is 2.80. The molecule has 0 amide bonds. The van der Waals surface area contributed by atoms with Gasteiger partial charge < -0.3 is 4.57 Å². The van der Waals surface area contributed by atoms with Crippen molar-refractivity contribution in [3.05, 3.63) is 60.1 Å². The van der Waals surface area contributed by atoms with Crippen molar-refractivity contribution in [2.75, 3.05) is 0 Å². The molecule has 2 heterocycles. The first-order valence-corrected chi connectivity index (χ1v) is 6.27. The summed E-state index contributed by atoms with van der Waals surface area (Å²) in [7, 11) is 1.58. The van der Waals surface area contributed by atoms with Crippen LogP contribution >= 0.6 is 0 Å². The van der Waals surface area contributed by atoms with E-state index in [0.29, 0.717) is 0 Å². The molecule has 3 aromatic rings. The molecule has 3 rings (SSSR count). The Labute approximate surface area is 122 Å². The van der Waals surface area contributed by atoms with Crippen molar-refractivity contribution in [1.29, 1.82) is 0 Å². The topological polar surface area (TPSA) is 30.7 Å². The molecule has 0 spiro atoms. The Morgan fingerprint density at radius 3 is 2.32 bits per heavy atom. The fourth-order valence-electron chi connectivity index (χ4n) is 2.12. The quantitative estimate of drug-likeness (QED) is 0.534. The highest BCUT2D eigenvalue weighted by atomic mass is 19.1. The summed E-state index contributed by atoms with van der Waals surface area (Å²) in [6.45, 7) is 0. The molecule has 0 N–H and O–H groups in total. The average molecular weight is 307 g/mol. The smallest absolute Gasteiger partial charge is 0.226 e. The van der Waals surface area contributed by atoms with Crippen molar-refractivity contribution in [3.8, 4) is 22.6 Å². The fourth-order valence-corrected chi connectivity index (χ4v) is 2.12. The van der Waals surface area contributed by atoms with E-state index in [4.69, 9.17) is 0 Å². The molecule has 0 saturated heterocycles. The van der Waals surface area contributed by atoms with E-state index in [2.05, 4.69) is 9.97 Å². The lowest BCUT2D eigenvalue weighted by atomic mass is 10.1. The lowest BCUT2D eigenvalue weighted by molar-refractivity contribution is 0.514. The van der Waals surface area contributed by atoms with Crippen LogP contribution in [0.2, 0.25) is 0 Å². The number of hydrogen-bond donors (Lipinski definition) is 0. The van der Waals surface area contributed by atoms with E-state index < -0.39 is 23.5 Å². The van der Waals surface area contributed by atoms with E-state index in [1.807, 2.05) is 0 Å². The Hall–Kier alpha value is -2.70. The standard InChI is InChI=1S/C15H9F4N3/c1-22-7-12(9-3-2-8(16)6-11(9)17)20-15(22)10-4-5-13(18)21-14(10)19/h2-7H,1H3. The number of aryl methyl sites for hydroxylation is 1. The van der Waals surface area contributed by atoms with E-state index in [9.17, 15) is 17.6 Å². The lowest BCUT2D eigenvalue weighted by Crippen LogP contribution is -1.97. The summed E-state index contributed by atoms with van der Waals surface area (Å²) < 4.78 is 54.8. The molecule has 0 atom stereocenters. The number of halogens is 4.